The van der Waals surface area contributed by atoms with Gasteiger partial charge in [-0.25, -0.2) is 0 Å². The van der Waals surface area contributed by atoms with Gasteiger partial charge in [-0.1, -0.05) is 13.0 Å². The van der Waals surface area contributed by atoms with E-state index in [4.69, 9.17) is 9.84 Å². The third-order valence-corrected chi connectivity index (χ3v) is 3.46. The minimum absolute atomic E-state index is 0.00829. The van der Waals surface area contributed by atoms with E-state index in [1.807, 2.05) is 19.1 Å². The van der Waals surface area contributed by atoms with E-state index in [-0.39, 0.29) is 18.7 Å². The number of nitrogens with one attached hydrogen (secondary N) is 2. The molecule has 0 amide bonds. The lowest BCUT2D eigenvalue weighted by atomic mass is 10.0. The molecule has 0 aliphatic carbocycles. The third-order valence-electron chi connectivity index (χ3n) is 3.46. The van der Waals surface area contributed by atoms with Crippen molar-refractivity contribution in [2.24, 2.45) is 0 Å². The Morgan fingerprint density at radius 1 is 1.60 bits per heavy atom. The average Bonchev–Trinajstić information content (AvgIpc) is 2.44. The van der Waals surface area contributed by atoms with Gasteiger partial charge in [-0.15, -0.1) is 0 Å². The maximum atomic E-state index is 10.5. The van der Waals surface area contributed by atoms with Gasteiger partial charge in [-0.2, -0.15) is 0 Å². The van der Waals surface area contributed by atoms with E-state index >= 15 is 0 Å². The highest BCUT2D eigenvalue weighted by Gasteiger charge is 2.18. The molecule has 3 N–H and O–H groups in total. The lowest BCUT2D eigenvalue weighted by Gasteiger charge is -2.27. The maximum Gasteiger partial charge on any atom is 0.317 e. The Labute approximate surface area is 119 Å². The van der Waals surface area contributed by atoms with Gasteiger partial charge >= 0.3 is 5.97 Å². The Kier molecular flexibility index (Phi) is 4.84. The summed E-state index contributed by atoms with van der Waals surface area (Å²) in [5, 5.41) is 15.0. The third kappa shape index (κ3) is 3.87. The van der Waals surface area contributed by atoms with Crippen LogP contribution in [0.1, 0.15) is 25.8 Å². The van der Waals surface area contributed by atoms with Crippen LogP contribution in [0.4, 0.5) is 5.69 Å². The Morgan fingerprint density at radius 3 is 3.10 bits per heavy atom. The van der Waals surface area contributed by atoms with Crippen LogP contribution < -0.4 is 15.4 Å². The summed E-state index contributed by atoms with van der Waals surface area (Å²) in [5.41, 5.74) is 2.19. The molecule has 5 heteroatoms. The van der Waals surface area contributed by atoms with Crippen LogP contribution in [-0.4, -0.2) is 36.3 Å². The van der Waals surface area contributed by atoms with Gasteiger partial charge in [0.15, 0.2) is 0 Å². The van der Waals surface area contributed by atoms with Crippen molar-refractivity contribution in [2.45, 2.75) is 38.8 Å². The average molecular weight is 278 g/mol. The molecule has 1 heterocycles. The lowest BCUT2D eigenvalue weighted by molar-refractivity contribution is -0.136. The summed E-state index contributed by atoms with van der Waals surface area (Å²) in [6.07, 6.45) is 2.02. The minimum Gasteiger partial charge on any atom is -0.486 e. The maximum absolute atomic E-state index is 10.5. The Bertz CT molecular complexity index is 476. The molecule has 1 aliphatic rings. The van der Waals surface area contributed by atoms with Crippen molar-refractivity contribution >= 4 is 11.7 Å². The molecule has 5 nitrogen and oxygen atoms in total. The lowest BCUT2D eigenvalue weighted by Crippen LogP contribution is -2.33. The largest absolute Gasteiger partial charge is 0.486 e. The van der Waals surface area contributed by atoms with Crippen LogP contribution in [0.3, 0.4) is 0 Å². The predicted molar refractivity (Wildman–Crippen MR) is 78.4 cm³/mol. The van der Waals surface area contributed by atoms with E-state index in [9.17, 15) is 4.79 Å². The van der Waals surface area contributed by atoms with Gasteiger partial charge < -0.3 is 20.5 Å². The molecule has 110 valence electrons. The van der Waals surface area contributed by atoms with Gasteiger partial charge in [0.1, 0.15) is 11.9 Å². The number of carbonyl (C=O) groups is 1. The van der Waals surface area contributed by atoms with Crippen molar-refractivity contribution in [1.29, 1.82) is 0 Å². The highest BCUT2D eigenvalue weighted by atomic mass is 16.5. The summed E-state index contributed by atoms with van der Waals surface area (Å²) < 4.78 is 5.86. The first-order valence-corrected chi connectivity index (χ1v) is 7.07. The van der Waals surface area contributed by atoms with Crippen molar-refractivity contribution in [2.75, 3.05) is 18.4 Å². The molecular weight excluding hydrogens is 256 g/mol. The van der Waals surface area contributed by atoms with Crippen molar-refractivity contribution < 1.29 is 14.6 Å². The molecule has 20 heavy (non-hydrogen) atoms. The number of hydrogen-bond donors (Lipinski definition) is 3. The number of hydrogen-bond acceptors (Lipinski definition) is 4. The fraction of sp³-hybridized carbons (Fsp3) is 0.533. The summed E-state index contributed by atoms with van der Waals surface area (Å²) in [4.78, 5) is 10.5. The second-order valence-corrected chi connectivity index (χ2v) is 5.24. The number of anilines is 1. The zero-order valence-electron chi connectivity index (χ0n) is 12.0. The number of benzene rings is 1. The van der Waals surface area contributed by atoms with E-state index in [2.05, 4.69) is 23.6 Å². The van der Waals surface area contributed by atoms with Gasteiger partial charge in [0.25, 0.3) is 0 Å². The SMILES string of the molecule is CCC1CNc2cc(CC(C)NCC(=O)O)ccc2O1. The van der Waals surface area contributed by atoms with Crippen LogP contribution in [-0.2, 0) is 11.2 Å². The molecule has 0 fully saturated rings. The van der Waals surface area contributed by atoms with Crippen molar-refractivity contribution in [3.05, 3.63) is 23.8 Å². The number of aliphatic carboxylic acids is 1. The van der Waals surface area contributed by atoms with Crippen LogP contribution in [0, 0.1) is 0 Å². The Morgan fingerprint density at radius 2 is 2.40 bits per heavy atom. The molecular formula is C15H22N2O3. The molecule has 1 aromatic rings. The summed E-state index contributed by atoms with van der Waals surface area (Å²) in [6, 6.07) is 6.23. The van der Waals surface area contributed by atoms with Crippen LogP contribution in [0.15, 0.2) is 18.2 Å². The molecule has 0 aromatic heterocycles. The fourth-order valence-corrected chi connectivity index (χ4v) is 2.30. The van der Waals surface area contributed by atoms with E-state index in [0.29, 0.717) is 0 Å². The molecule has 2 atom stereocenters. The molecule has 1 aliphatic heterocycles. The monoisotopic (exact) mass is 278 g/mol. The summed E-state index contributed by atoms with van der Waals surface area (Å²) in [6.45, 7) is 4.92. The first-order valence-electron chi connectivity index (χ1n) is 7.07. The van der Waals surface area contributed by atoms with Crippen LogP contribution in [0.25, 0.3) is 0 Å². The van der Waals surface area contributed by atoms with Crippen LogP contribution >= 0.6 is 0 Å². The zero-order chi connectivity index (χ0) is 14.5. The minimum atomic E-state index is -0.831. The smallest absolute Gasteiger partial charge is 0.317 e. The van der Waals surface area contributed by atoms with Crippen molar-refractivity contribution in [3.63, 3.8) is 0 Å². The molecule has 1 aromatic carbocycles. The summed E-state index contributed by atoms with van der Waals surface area (Å²) in [5.74, 6) is 0.0703. The molecule has 0 spiro atoms. The van der Waals surface area contributed by atoms with E-state index in [1.165, 1.54) is 5.56 Å². The number of ether oxygens (including phenoxy) is 1. The highest BCUT2D eigenvalue weighted by Crippen LogP contribution is 2.30. The molecule has 0 saturated carbocycles. The zero-order valence-corrected chi connectivity index (χ0v) is 12.0. The second kappa shape index (κ2) is 6.61. The topological polar surface area (TPSA) is 70.6 Å². The molecule has 2 rings (SSSR count). The fourth-order valence-electron chi connectivity index (χ4n) is 2.30. The Balaban J connectivity index is 1.96. The first-order chi connectivity index (χ1) is 9.58. The van der Waals surface area contributed by atoms with E-state index in [0.717, 1.165) is 30.8 Å². The van der Waals surface area contributed by atoms with Crippen molar-refractivity contribution in [1.82, 2.24) is 5.32 Å². The van der Waals surface area contributed by atoms with E-state index in [1.54, 1.807) is 0 Å². The van der Waals surface area contributed by atoms with Crippen LogP contribution in [0.2, 0.25) is 0 Å². The van der Waals surface area contributed by atoms with E-state index < -0.39 is 5.97 Å². The van der Waals surface area contributed by atoms with Gasteiger partial charge in [0, 0.05) is 6.04 Å². The molecule has 2 unspecified atom stereocenters. The second-order valence-electron chi connectivity index (χ2n) is 5.24. The van der Waals surface area contributed by atoms with Gasteiger partial charge in [0.2, 0.25) is 0 Å². The summed E-state index contributed by atoms with van der Waals surface area (Å²) >= 11 is 0. The highest BCUT2D eigenvalue weighted by molar-refractivity contribution is 5.69. The van der Waals surface area contributed by atoms with Gasteiger partial charge in [-0.3, -0.25) is 4.79 Å². The molecule has 0 radical (unpaired) electrons. The Hall–Kier alpha value is -1.75. The van der Waals surface area contributed by atoms with Gasteiger partial charge in [-0.05, 0) is 37.5 Å². The number of carboxylic acids is 1. The quantitative estimate of drug-likeness (QED) is 0.741. The molecule has 0 saturated heterocycles. The first kappa shape index (κ1) is 14.7. The van der Waals surface area contributed by atoms with Crippen LogP contribution in [0.5, 0.6) is 5.75 Å². The van der Waals surface area contributed by atoms with Gasteiger partial charge in [0.05, 0.1) is 18.8 Å². The summed E-state index contributed by atoms with van der Waals surface area (Å²) in [7, 11) is 0. The standard InChI is InChI=1S/C15H22N2O3/c1-3-12-8-17-13-7-11(4-5-14(13)20-12)6-10(2)16-9-15(18)19/h4-5,7,10,12,16-17H,3,6,8-9H2,1-2H3,(H,18,19). The van der Waals surface area contributed by atoms with Crippen molar-refractivity contribution in [3.8, 4) is 5.75 Å². The number of fused-ring (bicyclic) bond motifs is 1. The normalized spacial score (nSPS) is 18.6. The number of rotatable bonds is 6. The number of carboxylic acid groups (broad SMARTS) is 1. The predicted octanol–water partition coefficient (Wildman–Crippen LogP) is 1.87. The molecule has 0 bridgehead atoms.